The van der Waals surface area contributed by atoms with Crippen molar-refractivity contribution in [2.75, 3.05) is 32.1 Å². The van der Waals surface area contributed by atoms with Crippen molar-refractivity contribution in [2.24, 2.45) is 5.92 Å². The van der Waals surface area contributed by atoms with Gasteiger partial charge in [0.15, 0.2) is 11.5 Å². The molecule has 1 aliphatic rings. The van der Waals surface area contributed by atoms with E-state index in [0.717, 1.165) is 49.8 Å². The Balaban J connectivity index is 1.34. The maximum Gasteiger partial charge on any atom is 0.161 e. The van der Waals surface area contributed by atoms with Gasteiger partial charge in [0.05, 0.1) is 13.7 Å². The summed E-state index contributed by atoms with van der Waals surface area (Å²) in [7, 11) is 1.69. The van der Waals surface area contributed by atoms with Gasteiger partial charge in [-0.3, -0.25) is 4.90 Å². The van der Waals surface area contributed by atoms with E-state index in [4.69, 9.17) is 9.47 Å². The number of piperidine rings is 1. The number of hydrogen-bond acceptors (Lipinski definition) is 5. The Bertz CT molecular complexity index is 992. The van der Waals surface area contributed by atoms with Gasteiger partial charge in [-0.2, -0.15) is 0 Å². The molecule has 0 unspecified atom stereocenters. The molecule has 5 nitrogen and oxygen atoms in total. The smallest absolute Gasteiger partial charge is 0.161 e. The van der Waals surface area contributed by atoms with Crippen LogP contribution in [0.25, 0.3) is 10.8 Å². The van der Waals surface area contributed by atoms with Gasteiger partial charge in [0.25, 0.3) is 0 Å². The minimum absolute atomic E-state index is 0.454. The Morgan fingerprint density at radius 3 is 2.65 bits per heavy atom. The van der Waals surface area contributed by atoms with Crippen LogP contribution in [0, 0.1) is 5.92 Å². The van der Waals surface area contributed by atoms with Crippen molar-refractivity contribution >= 4 is 16.6 Å². The minimum Gasteiger partial charge on any atom is -0.493 e. The molecule has 31 heavy (non-hydrogen) atoms. The van der Waals surface area contributed by atoms with Crippen molar-refractivity contribution in [3.8, 4) is 11.5 Å². The van der Waals surface area contributed by atoms with E-state index < -0.39 is 0 Å². The Morgan fingerprint density at radius 1 is 1.06 bits per heavy atom. The van der Waals surface area contributed by atoms with Crippen molar-refractivity contribution < 1.29 is 9.47 Å². The number of nitrogens with zero attached hydrogens (tertiary/aromatic N) is 2. The molecule has 1 aliphatic heterocycles. The van der Waals surface area contributed by atoms with Gasteiger partial charge in [0.1, 0.15) is 5.82 Å². The molecule has 1 aromatic heterocycles. The molecule has 0 amide bonds. The number of methoxy groups -OCH3 is 1. The maximum atomic E-state index is 5.98. The summed E-state index contributed by atoms with van der Waals surface area (Å²) >= 11 is 0. The molecule has 2 heterocycles. The summed E-state index contributed by atoms with van der Waals surface area (Å²) in [5, 5.41) is 6.11. The molecule has 0 radical (unpaired) electrons. The number of aromatic nitrogens is 1. The van der Waals surface area contributed by atoms with Crippen molar-refractivity contribution in [3.63, 3.8) is 0 Å². The number of anilines is 1. The molecular formula is C26H33N3O2. The maximum absolute atomic E-state index is 5.98. The summed E-state index contributed by atoms with van der Waals surface area (Å²) in [4.78, 5) is 7.11. The van der Waals surface area contributed by atoms with E-state index in [1.165, 1.54) is 16.3 Å². The number of pyridine rings is 1. The number of fused-ring (bicyclic) bond motifs is 1. The number of likely N-dealkylation sites (tertiary alicyclic amines) is 1. The number of ether oxygens (including phenoxy) is 2. The molecular weight excluding hydrogens is 386 g/mol. The third-order valence-corrected chi connectivity index (χ3v) is 5.81. The Labute approximate surface area is 185 Å². The normalized spacial score (nSPS) is 15.4. The largest absolute Gasteiger partial charge is 0.493 e. The van der Waals surface area contributed by atoms with Gasteiger partial charge in [-0.05, 0) is 47.9 Å². The second kappa shape index (κ2) is 10.0. The fourth-order valence-electron chi connectivity index (χ4n) is 4.11. The zero-order chi connectivity index (χ0) is 21.6. The highest BCUT2D eigenvalue weighted by Crippen LogP contribution is 2.30. The van der Waals surface area contributed by atoms with Crippen LogP contribution in [0.3, 0.4) is 0 Å². The molecule has 4 rings (SSSR count). The lowest BCUT2D eigenvalue weighted by Gasteiger charge is -2.33. The molecule has 0 saturated carbocycles. The van der Waals surface area contributed by atoms with E-state index in [1.807, 2.05) is 12.3 Å². The Morgan fingerprint density at radius 2 is 1.87 bits per heavy atom. The van der Waals surface area contributed by atoms with E-state index in [9.17, 15) is 0 Å². The lowest BCUT2D eigenvalue weighted by atomic mass is 10.0. The van der Waals surface area contributed by atoms with E-state index in [-0.39, 0.29) is 0 Å². The first-order chi connectivity index (χ1) is 15.1. The van der Waals surface area contributed by atoms with Crippen LogP contribution < -0.4 is 14.8 Å². The Hall–Kier alpha value is -2.79. The van der Waals surface area contributed by atoms with Crippen LogP contribution in [-0.4, -0.2) is 42.7 Å². The topological polar surface area (TPSA) is 46.6 Å². The van der Waals surface area contributed by atoms with E-state index in [2.05, 4.69) is 71.5 Å². The van der Waals surface area contributed by atoms with E-state index in [1.54, 1.807) is 7.11 Å². The second-order valence-corrected chi connectivity index (χ2v) is 8.77. The van der Waals surface area contributed by atoms with Crippen molar-refractivity contribution in [1.29, 1.82) is 0 Å². The van der Waals surface area contributed by atoms with Gasteiger partial charge in [0, 0.05) is 37.3 Å². The van der Waals surface area contributed by atoms with Crippen LogP contribution >= 0.6 is 0 Å². The van der Waals surface area contributed by atoms with Gasteiger partial charge < -0.3 is 14.8 Å². The molecule has 5 heteroatoms. The highest BCUT2D eigenvalue weighted by molar-refractivity contribution is 5.91. The predicted octanol–water partition coefficient (Wildman–Crippen LogP) is 5.35. The summed E-state index contributed by atoms with van der Waals surface area (Å²) < 4.78 is 11.4. The van der Waals surface area contributed by atoms with Crippen molar-refractivity contribution in [2.45, 2.75) is 39.3 Å². The van der Waals surface area contributed by atoms with Crippen LogP contribution in [0.4, 0.5) is 5.82 Å². The van der Waals surface area contributed by atoms with E-state index >= 15 is 0 Å². The zero-order valence-corrected chi connectivity index (χ0v) is 18.8. The molecule has 2 aromatic carbocycles. The summed E-state index contributed by atoms with van der Waals surface area (Å²) in [5.41, 5.74) is 1.27. The average Bonchev–Trinajstić information content (AvgIpc) is 2.79. The molecule has 1 fully saturated rings. The molecule has 164 valence electrons. The first-order valence-electron chi connectivity index (χ1n) is 11.2. The van der Waals surface area contributed by atoms with Crippen LogP contribution in [0.1, 0.15) is 32.3 Å². The van der Waals surface area contributed by atoms with Gasteiger partial charge in [-0.15, -0.1) is 0 Å². The molecule has 3 aromatic rings. The first kappa shape index (κ1) is 21.4. The highest BCUT2D eigenvalue weighted by Gasteiger charge is 2.20. The van der Waals surface area contributed by atoms with Gasteiger partial charge >= 0.3 is 0 Å². The second-order valence-electron chi connectivity index (χ2n) is 8.77. The van der Waals surface area contributed by atoms with Crippen molar-refractivity contribution in [1.82, 2.24) is 9.88 Å². The number of benzene rings is 2. The standard InChI is InChI=1S/C26H33N3O2/c1-19(2)18-31-25-16-20(8-9-24(25)30-3)17-29-14-11-22(12-15-29)28-26-23-7-5-4-6-21(23)10-13-27-26/h4-10,13,16,19,22H,11-12,14-15,17-18H2,1-3H3,(H,27,28). The highest BCUT2D eigenvalue weighted by atomic mass is 16.5. The van der Waals surface area contributed by atoms with Gasteiger partial charge in [-0.25, -0.2) is 4.98 Å². The summed E-state index contributed by atoms with van der Waals surface area (Å²) in [6.07, 6.45) is 4.11. The van der Waals surface area contributed by atoms with Crippen LogP contribution in [0.5, 0.6) is 11.5 Å². The molecule has 1 saturated heterocycles. The third-order valence-electron chi connectivity index (χ3n) is 5.81. The minimum atomic E-state index is 0.454. The molecule has 0 aliphatic carbocycles. The van der Waals surface area contributed by atoms with Gasteiger partial charge in [-0.1, -0.05) is 44.2 Å². The molecule has 0 spiro atoms. The lowest BCUT2D eigenvalue weighted by molar-refractivity contribution is 0.210. The number of nitrogens with one attached hydrogen (secondary N) is 1. The predicted molar refractivity (Wildman–Crippen MR) is 127 cm³/mol. The third kappa shape index (κ3) is 5.47. The lowest BCUT2D eigenvalue weighted by Crippen LogP contribution is -2.38. The SMILES string of the molecule is COc1ccc(CN2CCC(Nc3nccc4ccccc34)CC2)cc1OCC(C)C. The average molecular weight is 420 g/mol. The fourth-order valence-corrected chi connectivity index (χ4v) is 4.11. The van der Waals surface area contributed by atoms with Gasteiger partial charge in [0.2, 0.25) is 0 Å². The Kier molecular flexibility index (Phi) is 6.92. The summed E-state index contributed by atoms with van der Waals surface area (Å²) in [6.45, 7) is 8.07. The zero-order valence-electron chi connectivity index (χ0n) is 18.8. The van der Waals surface area contributed by atoms with E-state index in [0.29, 0.717) is 18.6 Å². The van der Waals surface area contributed by atoms with Crippen LogP contribution in [0.15, 0.2) is 54.7 Å². The fraction of sp³-hybridized carbons (Fsp3) is 0.423. The first-order valence-corrected chi connectivity index (χ1v) is 11.2. The van der Waals surface area contributed by atoms with Crippen LogP contribution in [-0.2, 0) is 6.54 Å². The van der Waals surface area contributed by atoms with Crippen molar-refractivity contribution in [3.05, 3.63) is 60.3 Å². The summed E-state index contributed by atoms with van der Waals surface area (Å²) in [5.74, 6) is 3.12. The molecule has 1 N–H and O–H groups in total. The van der Waals surface area contributed by atoms with Crippen LogP contribution in [0.2, 0.25) is 0 Å². The quantitative estimate of drug-likeness (QED) is 0.533. The number of hydrogen-bond donors (Lipinski definition) is 1. The molecule has 0 atom stereocenters. The number of rotatable bonds is 8. The molecule has 0 bridgehead atoms. The summed E-state index contributed by atoms with van der Waals surface area (Å²) in [6, 6.07) is 17.2. The monoisotopic (exact) mass is 419 g/mol.